The fourth-order valence-corrected chi connectivity index (χ4v) is 2.98. The minimum absolute atomic E-state index is 0.141. The Balaban J connectivity index is 1.76. The topological polar surface area (TPSA) is 98.9 Å². The molecule has 1 aliphatic heterocycles. The van der Waals surface area contributed by atoms with Crippen molar-refractivity contribution in [3.8, 4) is 0 Å². The van der Waals surface area contributed by atoms with E-state index >= 15 is 0 Å². The van der Waals surface area contributed by atoms with Crippen LogP contribution >= 0.6 is 0 Å². The fourth-order valence-electron chi connectivity index (χ4n) is 2.98. The average Bonchev–Trinajstić information content (AvgIpc) is 3.17. The van der Waals surface area contributed by atoms with Gasteiger partial charge in [-0.2, -0.15) is 4.98 Å². The summed E-state index contributed by atoms with van der Waals surface area (Å²) >= 11 is 0. The smallest absolute Gasteiger partial charge is 0.297 e. The third kappa shape index (κ3) is 3.43. The number of anilines is 1. The van der Waals surface area contributed by atoms with Gasteiger partial charge in [0.05, 0.1) is 6.10 Å². The second-order valence-electron chi connectivity index (χ2n) is 6.49. The van der Waals surface area contributed by atoms with Gasteiger partial charge >= 0.3 is 0 Å². The molecule has 2 N–H and O–H groups in total. The first kappa shape index (κ1) is 17.2. The van der Waals surface area contributed by atoms with Crippen LogP contribution in [0.5, 0.6) is 0 Å². The van der Waals surface area contributed by atoms with E-state index in [2.05, 4.69) is 10.3 Å². The SMILES string of the molecule is CNC(=O)C[C@@H]1CN(C(=O)c2ccc3nc(N(C)C)oc3c2)C[C@H]1O. The first-order valence-electron chi connectivity index (χ1n) is 8.15. The molecule has 134 valence electrons. The van der Waals surface area contributed by atoms with Gasteiger partial charge in [-0.15, -0.1) is 0 Å². The largest absolute Gasteiger partial charge is 0.423 e. The Morgan fingerprint density at radius 3 is 2.84 bits per heavy atom. The van der Waals surface area contributed by atoms with Gasteiger partial charge in [0.1, 0.15) is 5.52 Å². The van der Waals surface area contributed by atoms with E-state index in [4.69, 9.17) is 4.42 Å². The number of carbonyl (C=O) groups is 2. The lowest BCUT2D eigenvalue weighted by Crippen LogP contribution is -2.29. The molecule has 2 aromatic rings. The standard InChI is InChI=1S/C17H22N4O4/c1-18-15(23)7-11-8-21(9-13(11)22)16(24)10-4-5-12-14(6-10)25-17(19-12)20(2)3/h4-6,11,13,22H,7-9H2,1-3H3,(H,18,23)/t11-,13-/m1/s1. The van der Waals surface area contributed by atoms with Gasteiger partial charge in [0, 0.05) is 52.1 Å². The maximum absolute atomic E-state index is 12.7. The number of benzene rings is 1. The zero-order valence-electron chi connectivity index (χ0n) is 14.5. The Bertz CT molecular complexity index is 801. The van der Waals surface area contributed by atoms with Gasteiger partial charge in [0.2, 0.25) is 5.91 Å². The van der Waals surface area contributed by atoms with Crippen LogP contribution in [-0.2, 0) is 4.79 Å². The molecule has 0 unspecified atom stereocenters. The average molecular weight is 346 g/mol. The number of fused-ring (bicyclic) bond motifs is 1. The van der Waals surface area contributed by atoms with Gasteiger partial charge in [-0.25, -0.2) is 0 Å². The zero-order valence-corrected chi connectivity index (χ0v) is 14.5. The summed E-state index contributed by atoms with van der Waals surface area (Å²) in [5.41, 5.74) is 1.69. The summed E-state index contributed by atoms with van der Waals surface area (Å²) in [6.07, 6.45) is -0.495. The number of aliphatic hydroxyl groups excluding tert-OH is 1. The number of amides is 2. The summed E-state index contributed by atoms with van der Waals surface area (Å²) in [5, 5.41) is 12.7. The molecule has 8 nitrogen and oxygen atoms in total. The van der Waals surface area contributed by atoms with Crippen LogP contribution in [0.3, 0.4) is 0 Å². The molecule has 8 heteroatoms. The lowest BCUT2D eigenvalue weighted by molar-refractivity contribution is -0.122. The summed E-state index contributed by atoms with van der Waals surface area (Å²) in [4.78, 5) is 31.9. The first-order valence-corrected chi connectivity index (χ1v) is 8.15. The van der Waals surface area contributed by atoms with Crippen LogP contribution in [0.4, 0.5) is 6.01 Å². The Labute approximate surface area is 145 Å². The third-order valence-electron chi connectivity index (χ3n) is 4.43. The van der Waals surface area contributed by atoms with Crippen molar-refractivity contribution in [3.63, 3.8) is 0 Å². The lowest BCUT2D eigenvalue weighted by Gasteiger charge is -2.16. The molecule has 1 fully saturated rings. The third-order valence-corrected chi connectivity index (χ3v) is 4.43. The number of aliphatic hydroxyl groups is 1. The van der Waals surface area contributed by atoms with Crippen molar-refractivity contribution in [2.45, 2.75) is 12.5 Å². The zero-order chi connectivity index (χ0) is 18.1. The summed E-state index contributed by atoms with van der Waals surface area (Å²) in [6, 6.07) is 5.58. The Morgan fingerprint density at radius 2 is 2.16 bits per heavy atom. The van der Waals surface area contributed by atoms with Crippen molar-refractivity contribution in [2.24, 2.45) is 5.92 Å². The lowest BCUT2D eigenvalue weighted by atomic mass is 10.0. The van der Waals surface area contributed by atoms with Crippen LogP contribution in [0, 0.1) is 5.92 Å². The fraction of sp³-hybridized carbons (Fsp3) is 0.471. The van der Waals surface area contributed by atoms with Crippen LogP contribution in [0.25, 0.3) is 11.1 Å². The molecule has 1 aromatic heterocycles. The van der Waals surface area contributed by atoms with Crippen LogP contribution in [0.15, 0.2) is 22.6 Å². The molecule has 1 saturated heterocycles. The summed E-state index contributed by atoms with van der Waals surface area (Å²) in [5.74, 6) is -0.584. The second-order valence-corrected chi connectivity index (χ2v) is 6.49. The van der Waals surface area contributed by atoms with E-state index in [1.165, 1.54) is 0 Å². The summed E-state index contributed by atoms with van der Waals surface area (Å²) in [6.45, 7) is 0.572. The maximum Gasteiger partial charge on any atom is 0.297 e. The van der Waals surface area contributed by atoms with Crippen LogP contribution < -0.4 is 10.2 Å². The molecule has 2 heterocycles. The molecule has 0 spiro atoms. The van der Waals surface area contributed by atoms with Gasteiger partial charge < -0.3 is 24.6 Å². The number of oxazole rings is 1. The monoisotopic (exact) mass is 346 g/mol. The Kier molecular flexibility index (Phi) is 4.63. The molecular formula is C17H22N4O4. The number of hydrogen-bond donors (Lipinski definition) is 2. The number of likely N-dealkylation sites (tertiary alicyclic amines) is 1. The van der Waals surface area contributed by atoms with E-state index in [-0.39, 0.29) is 30.7 Å². The van der Waals surface area contributed by atoms with Crippen LogP contribution in [0.2, 0.25) is 0 Å². The highest BCUT2D eigenvalue weighted by Gasteiger charge is 2.35. The predicted molar refractivity (Wildman–Crippen MR) is 92.4 cm³/mol. The second kappa shape index (κ2) is 6.72. The first-order chi connectivity index (χ1) is 11.9. The highest BCUT2D eigenvalue weighted by molar-refractivity contribution is 5.97. The molecule has 2 atom stereocenters. The molecule has 0 saturated carbocycles. The molecule has 1 aliphatic rings. The molecule has 1 aromatic carbocycles. The summed E-state index contributed by atoms with van der Waals surface area (Å²) < 4.78 is 5.63. The van der Waals surface area contributed by atoms with Crippen molar-refractivity contribution in [1.29, 1.82) is 0 Å². The van der Waals surface area contributed by atoms with Gasteiger partial charge in [-0.05, 0) is 18.2 Å². The van der Waals surface area contributed by atoms with E-state index < -0.39 is 6.10 Å². The van der Waals surface area contributed by atoms with Gasteiger partial charge in [0.15, 0.2) is 5.58 Å². The normalized spacial score (nSPS) is 20.1. The Hall–Kier alpha value is -2.61. The summed E-state index contributed by atoms with van der Waals surface area (Å²) in [7, 11) is 5.21. The molecule has 2 amide bonds. The van der Waals surface area contributed by atoms with Crippen molar-refractivity contribution < 1.29 is 19.1 Å². The number of hydrogen-bond acceptors (Lipinski definition) is 6. The molecule has 25 heavy (non-hydrogen) atoms. The van der Waals surface area contributed by atoms with E-state index in [1.807, 2.05) is 14.1 Å². The number of rotatable bonds is 4. The van der Waals surface area contributed by atoms with E-state index in [1.54, 1.807) is 35.0 Å². The number of nitrogens with one attached hydrogen (secondary N) is 1. The molecule has 0 radical (unpaired) electrons. The molecular weight excluding hydrogens is 324 g/mol. The van der Waals surface area contributed by atoms with Crippen molar-refractivity contribution >= 4 is 28.9 Å². The van der Waals surface area contributed by atoms with Crippen LogP contribution in [0.1, 0.15) is 16.8 Å². The van der Waals surface area contributed by atoms with Gasteiger partial charge in [0.25, 0.3) is 11.9 Å². The van der Waals surface area contributed by atoms with E-state index in [0.717, 1.165) is 0 Å². The van der Waals surface area contributed by atoms with Gasteiger partial charge in [-0.1, -0.05) is 0 Å². The van der Waals surface area contributed by atoms with E-state index in [0.29, 0.717) is 29.2 Å². The Morgan fingerprint density at radius 1 is 1.40 bits per heavy atom. The predicted octanol–water partition coefficient (Wildman–Crippen LogP) is 0.463. The van der Waals surface area contributed by atoms with Crippen molar-refractivity contribution in [1.82, 2.24) is 15.2 Å². The van der Waals surface area contributed by atoms with Crippen LogP contribution in [-0.4, -0.2) is 67.1 Å². The number of nitrogens with zero attached hydrogens (tertiary/aromatic N) is 3. The minimum atomic E-state index is -0.699. The van der Waals surface area contributed by atoms with E-state index in [9.17, 15) is 14.7 Å². The molecule has 0 aliphatic carbocycles. The number of β-amino-alcohol motifs (C(OH)–C–C–N with tert-alkyl or cyclic N) is 1. The number of aromatic nitrogens is 1. The van der Waals surface area contributed by atoms with Gasteiger partial charge in [-0.3, -0.25) is 9.59 Å². The van der Waals surface area contributed by atoms with Crippen molar-refractivity contribution in [2.75, 3.05) is 39.1 Å². The quantitative estimate of drug-likeness (QED) is 0.835. The van der Waals surface area contributed by atoms with Crippen molar-refractivity contribution in [3.05, 3.63) is 23.8 Å². The molecule has 3 rings (SSSR count). The molecule has 0 bridgehead atoms. The maximum atomic E-state index is 12.7. The number of carbonyl (C=O) groups excluding carboxylic acids is 2. The minimum Gasteiger partial charge on any atom is -0.423 e. The highest BCUT2D eigenvalue weighted by Crippen LogP contribution is 2.25. The highest BCUT2D eigenvalue weighted by atomic mass is 16.4.